The Hall–Kier alpha value is -1.23. The van der Waals surface area contributed by atoms with Gasteiger partial charge < -0.3 is 10.2 Å². The van der Waals surface area contributed by atoms with Gasteiger partial charge in [-0.15, -0.1) is 11.3 Å². The van der Waals surface area contributed by atoms with Crippen LogP contribution in [0.15, 0.2) is 24.3 Å². The number of carboxylic acids is 1. The molecule has 1 aromatic heterocycles. The van der Waals surface area contributed by atoms with Gasteiger partial charge in [0.15, 0.2) is 0 Å². The van der Waals surface area contributed by atoms with Gasteiger partial charge in [0.25, 0.3) is 0 Å². The van der Waals surface area contributed by atoms with E-state index in [1.807, 2.05) is 0 Å². The highest BCUT2D eigenvalue weighted by Crippen LogP contribution is 2.38. The van der Waals surface area contributed by atoms with Gasteiger partial charge in [0.1, 0.15) is 11.3 Å². The van der Waals surface area contributed by atoms with Crippen molar-refractivity contribution < 1.29 is 15.0 Å². The van der Waals surface area contributed by atoms with Gasteiger partial charge in [-0.2, -0.15) is 0 Å². The number of hydrogen-bond acceptors (Lipinski definition) is 3. The summed E-state index contributed by atoms with van der Waals surface area (Å²) >= 11 is 13.1. The molecule has 0 saturated carbocycles. The Morgan fingerprint density at radius 2 is 1.94 bits per heavy atom. The second kappa shape index (κ2) is 4.56. The Morgan fingerprint density at radius 1 is 1.24 bits per heavy atom. The van der Waals surface area contributed by atoms with Gasteiger partial charge in [-0.1, -0.05) is 23.2 Å². The molecule has 0 aliphatic carbocycles. The maximum Gasteiger partial charge on any atom is 0.339 e. The Bertz CT molecular complexity index is 592. The van der Waals surface area contributed by atoms with E-state index in [-0.39, 0.29) is 16.3 Å². The smallest absolute Gasteiger partial charge is 0.339 e. The molecule has 88 valence electrons. The highest BCUT2D eigenvalue weighted by molar-refractivity contribution is 7.19. The van der Waals surface area contributed by atoms with E-state index in [0.717, 1.165) is 4.88 Å². The first-order valence-electron chi connectivity index (χ1n) is 4.50. The number of hydrogen-bond donors (Lipinski definition) is 2. The number of benzene rings is 1. The molecule has 0 aliphatic heterocycles. The third-order valence-electron chi connectivity index (χ3n) is 2.15. The van der Waals surface area contributed by atoms with E-state index in [1.54, 1.807) is 12.1 Å². The zero-order valence-corrected chi connectivity index (χ0v) is 10.6. The molecule has 2 rings (SSSR count). The number of carboxylic acid groups (broad SMARTS) is 1. The lowest BCUT2D eigenvalue weighted by Gasteiger charge is -2.05. The minimum atomic E-state index is -1.21. The lowest BCUT2D eigenvalue weighted by Crippen LogP contribution is -1.97. The highest BCUT2D eigenvalue weighted by Gasteiger charge is 2.15. The van der Waals surface area contributed by atoms with Crippen LogP contribution >= 0.6 is 34.5 Å². The molecule has 3 nitrogen and oxygen atoms in total. The molecular formula is C11H6Cl2O3S. The van der Waals surface area contributed by atoms with Crippen LogP contribution in [0.2, 0.25) is 9.36 Å². The van der Waals surface area contributed by atoms with Gasteiger partial charge in [0.05, 0.1) is 9.36 Å². The summed E-state index contributed by atoms with van der Waals surface area (Å²) in [6.07, 6.45) is 0. The second-order valence-electron chi connectivity index (χ2n) is 3.26. The van der Waals surface area contributed by atoms with Crippen LogP contribution in [-0.2, 0) is 0 Å². The molecule has 0 amide bonds. The number of thiophene rings is 1. The average molecular weight is 289 g/mol. The van der Waals surface area contributed by atoms with Crippen molar-refractivity contribution in [2.24, 2.45) is 0 Å². The zero-order valence-electron chi connectivity index (χ0n) is 8.28. The van der Waals surface area contributed by atoms with E-state index in [9.17, 15) is 9.90 Å². The molecular weight excluding hydrogens is 283 g/mol. The normalized spacial score (nSPS) is 10.5. The van der Waals surface area contributed by atoms with Crippen molar-refractivity contribution in [3.05, 3.63) is 39.2 Å². The van der Waals surface area contributed by atoms with Crippen molar-refractivity contribution >= 4 is 40.5 Å². The Morgan fingerprint density at radius 3 is 2.47 bits per heavy atom. The topological polar surface area (TPSA) is 57.5 Å². The number of aromatic carboxylic acids is 1. The van der Waals surface area contributed by atoms with Crippen molar-refractivity contribution in [2.75, 3.05) is 0 Å². The van der Waals surface area contributed by atoms with Gasteiger partial charge >= 0.3 is 5.97 Å². The van der Waals surface area contributed by atoms with E-state index in [4.69, 9.17) is 28.3 Å². The lowest BCUT2D eigenvalue weighted by atomic mass is 10.1. The molecule has 0 aliphatic rings. The Labute approximate surface area is 111 Å². The molecule has 0 spiro atoms. The first kappa shape index (κ1) is 12.2. The summed E-state index contributed by atoms with van der Waals surface area (Å²) in [5, 5.41) is 18.6. The molecule has 1 heterocycles. The molecule has 6 heteroatoms. The fourth-order valence-corrected chi connectivity index (χ4v) is 2.77. The number of rotatable bonds is 2. The maximum absolute atomic E-state index is 10.9. The van der Waals surface area contributed by atoms with Crippen molar-refractivity contribution in [1.82, 2.24) is 0 Å². The van der Waals surface area contributed by atoms with Crippen molar-refractivity contribution in [3.63, 3.8) is 0 Å². The predicted octanol–water partition coefficient (Wildman–Crippen LogP) is 4.13. The molecule has 17 heavy (non-hydrogen) atoms. The van der Waals surface area contributed by atoms with E-state index < -0.39 is 5.97 Å². The quantitative estimate of drug-likeness (QED) is 0.874. The predicted molar refractivity (Wildman–Crippen MR) is 68.4 cm³/mol. The number of aromatic hydroxyl groups is 1. The van der Waals surface area contributed by atoms with Crippen molar-refractivity contribution in [1.29, 1.82) is 0 Å². The highest BCUT2D eigenvalue weighted by atomic mass is 35.5. The van der Waals surface area contributed by atoms with Crippen LogP contribution in [0.5, 0.6) is 5.75 Å². The van der Waals surface area contributed by atoms with Crippen LogP contribution in [0.3, 0.4) is 0 Å². The third kappa shape index (κ3) is 2.39. The number of phenols is 1. The minimum absolute atomic E-state index is 0.186. The van der Waals surface area contributed by atoms with Crippen molar-refractivity contribution in [2.45, 2.75) is 0 Å². The molecule has 0 unspecified atom stereocenters. The number of halogens is 2. The first-order valence-corrected chi connectivity index (χ1v) is 6.08. The average Bonchev–Trinajstić information content (AvgIpc) is 2.64. The molecule has 0 radical (unpaired) electrons. The first-order chi connectivity index (χ1) is 7.99. The van der Waals surface area contributed by atoms with E-state index in [2.05, 4.69) is 0 Å². The summed E-state index contributed by atoms with van der Waals surface area (Å²) < 4.78 is 0.584. The van der Waals surface area contributed by atoms with E-state index in [0.29, 0.717) is 9.90 Å². The third-order valence-corrected chi connectivity index (χ3v) is 3.73. The Balaban J connectivity index is 2.62. The molecule has 1 aromatic carbocycles. The van der Waals surface area contributed by atoms with Gasteiger partial charge in [0, 0.05) is 16.5 Å². The van der Waals surface area contributed by atoms with Crippen LogP contribution < -0.4 is 0 Å². The largest absolute Gasteiger partial charge is 0.507 e. The zero-order chi connectivity index (χ0) is 12.6. The SMILES string of the molecule is O=C(O)c1cc(-c2ccc(Cl)s2)c(Cl)cc1O. The van der Waals surface area contributed by atoms with Gasteiger partial charge in [-0.25, -0.2) is 4.79 Å². The van der Waals surface area contributed by atoms with Crippen LogP contribution in [0.1, 0.15) is 10.4 Å². The molecule has 0 fully saturated rings. The number of carbonyl (C=O) groups is 1. The van der Waals surface area contributed by atoms with Crippen LogP contribution in [0.4, 0.5) is 0 Å². The summed E-state index contributed by atoms with van der Waals surface area (Å²) in [5.41, 5.74) is 0.354. The van der Waals surface area contributed by atoms with Gasteiger partial charge in [-0.3, -0.25) is 0 Å². The summed E-state index contributed by atoms with van der Waals surface area (Å²) in [6.45, 7) is 0. The fraction of sp³-hybridized carbons (Fsp3) is 0. The molecule has 0 atom stereocenters. The minimum Gasteiger partial charge on any atom is -0.507 e. The standard InChI is InChI=1S/C11H6Cl2O3S/c12-7-4-8(14)6(11(15)16)3-5(7)9-1-2-10(13)17-9/h1-4,14H,(H,15,16). The Kier molecular flexibility index (Phi) is 3.28. The van der Waals surface area contributed by atoms with Gasteiger partial charge in [-0.05, 0) is 18.2 Å². The van der Waals surface area contributed by atoms with E-state index >= 15 is 0 Å². The van der Waals surface area contributed by atoms with Crippen molar-refractivity contribution in [3.8, 4) is 16.2 Å². The van der Waals surface area contributed by atoms with Crippen LogP contribution in [0.25, 0.3) is 10.4 Å². The molecule has 2 N–H and O–H groups in total. The second-order valence-corrected chi connectivity index (χ2v) is 5.38. The lowest BCUT2D eigenvalue weighted by molar-refractivity contribution is 0.0694. The van der Waals surface area contributed by atoms with Crippen LogP contribution in [0, 0.1) is 0 Å². The molecule has 0 saturated heterocycles. The molecule has 0 bridgehead atoms. The monoisotopic (exact) mass is 288 g/mol. The summed E-state index contributed by atoms with van der Waals surface area (Å²) in [6, 6.07) is 6.00. The summed E-state index contributed by atoms with van der Waals surface area (Å²) in [4.78, 5) is 11.6. The summed E-state index contributed by atoms with van der Waals surface area (Å²) in [7, 11) is 0. The fourth-order valence-electron chi connectivity index (χ4n) is 1.38. The molecule has 2 aromatic rings. The van der Waals surface area contributed by atoms with E-state index in [1.165, 1.54) is 23.5 Å². The van der Waals surface area contributed by atoms with Crippen LogP contribution in [-0.4, -0.2) is 16.2 Å². The van der Waals surface area contributed by atoms with Gasteiger partial charge in [0.2, 0.25) is 0 Å². The summed E-state index contributed by atoms with van der Waals surface area (Å²) in [5.74, 6) is -1.56. The maximum atomic E-state index is 10.9.